The van der Waals surface area contributed by atoms with Crippen molar-refractivity contribution in [3.05, 3.63) is 52.8 Å². The molecule has 2 aromatic carbocycles. The Balaban J connectivity index is 1.99. The third kappa shape index (κ3) is 5.34. The standard InChI is InChI=1S/C19H21N3O4S3/c1-26-10-9-22-16-8-7-15(29(20,24)25)12-17(16)28-19(22)21-18(23)11-13-3-5-14(27-2)6-4-13/h3-8,12H,9-11H2,1-2H3,(H2,20,24,25). The maximum Gasteiger partial charge on any atom is 0.252 e. The summed E-state index contributed by atoms with van der Waals surface area (Å²) in [4.78, 5) is 18.5. The first-order chi connectivity index (χ1) is 13.8. The van der Waals surface area contributed by atoms with Crippen LogP contribution in [-0.2, 0) is 32.5 Å². The van der Waals surface area contributed by atoms with Crippen LogP contribution in [0.4, 0.5) is 0 Å². The van der Waals surface area contributed by atoms with Crippen LogP contribution in [0.15, 0.2) is 57.2 Å². The van der Waals surface area contributed by atoms with Crippen molar-refractivity contribution in [1.82, 2.24) is 4.57 Å². The Morgan fingerprint density at radius 2 is 1.97 bits per heavy atom. The van der Waals surface area contributed by atoms with Gasteiger partial charge in [0.1, 0.15) is 0 Å². The fraction of sp³-hybridized carbons (Fsp3) is 0.263. The number of sulfonamides is 1. The van der Waals surface area contributed by atoms with Gasteiger partial charge in [-0.2, -0.15) is 4.99 Å². The van der Waals surface area contributed by atoms with Crippen molar-refractivity contribution in [2.45, 2.75) is 22.8 Å². The first kappa shape index (κ1) is 21.7. The van der Waals surface area contributed by atoms with Crippen LogP contribution >= 0.6 is 23.1 Å². The highest BCUT2D eigenvalue weighted by atomic mass is 32.2. The van der Waals surface area contributed by atoms with Crippen molar-refractivity contribution < 1.29 is 17.9 Å². The number of nitrogens with two attached hydrogens (primary N) is 1. The molecule has 3 rings (SSSR count). The van der Waals surface area contributed by atoms with Crippen LogP contribution in [0.25, 0.3) is 10.2 Å². The Morgan fingerprint density at radius 3 is 2.59 bits per heavy atom. The zero-order valence-electron chi connectivity index (χ0n) is 16.0. The number of aromatic nitrogens is 1. The number of nitrogens with zero attached hydrogens (tertiary/aromatic N) is 2. The zero-order valence-corrected chi connectivity index (χ0v) is 18.4. The number of hydrogen-bond acceptors (Lipinski definition) is 6. The number of thiazole rings is 1. The minimum absolute atomic E-state index is 0.0249. The SMILES string of the molecule is COCCn1c(=NC(=O)Cc2ccc(SC)cc2)sc2cc(S(N)(=O)=O)ccc21. The van der Waals surface area contributed by atoms with E-state index in [-0.39, 0.29) is 17.2 Å². The number of carbonyl (C=O) groups excluding carboxylic acids is 1. The largest absolute Gasteiger partial charge is 0.383 e. The van der Waals surface area contributed by atoms with Crippen LogP contribution < -0.4 is 9.94 Å². The Bertz CT molecular complexity index is 1200. The van der Waals surface area contributed by atoms with Gasteiger partial charge in [-0.1, -0.05) is 23.5 Å². The molecule has 0 atom stereocenters. The quantitative estimate of drug-likeness (QED) is 0.556. The second kappa shape index (κ2) is 9.23. The summed E-state index contributed by atoms with van der Waals surface area (Å²) in [5.74, 6) is -0.272. The number of ether oxygens (including phenoxy) is 1. The van der Waals surface area contributed by atoms with Crippen LogP contribution in [0.2, 0.25) is 0 Å². The third-order valence-corrected chi connectivity index (χ3v) is 6.93. The molecule has 0 unspecified atom stereocenters. The predicted molar refractivity (Wildman–Crippen MR) is 116 cm³/mol. The van der Waals surface area contributed by atoms with E-state index in [0.717, 1.165) is 16.0 Å². The molecule has 29 heavy (non-hydrogen) atoms. The average Bonchev–Trinajstić information content (AvgIpc) is 3.02. The molecule has 7 nitrogen and oxygen atoms in total. The Hall–Kier alpha value is -1.98. The monoisotopic (exact) mass is 451 g/mol. The third-order valence-electron chi connectivity index (χ3n) is 4.24. The van der Waals surface area contributed by atoms with Gasteiger partial charge in [0.05, 0.1) is 28.1 Å². The first-order valence-electron chi connectivity index (χ1n) is 8.67. The molecular formula is C19H21N3O4S3. The summed E-state index contributed by atoms with van der Waals surface area (Å²) in [6.07, 6.45) is 2.19. The van der Waals surface area contributed by atoms with Crippen molar-refractivity contribution in [3.63, 3.8) is 0 Å². The van der Waals surface area contributed by atoms with E-state index in [1.807, 2.05) is 35.1 Å². The number of amides is 1. The molecule has 0 saturated heterocycles. The second-order valence-corrected chi connectivity index (χ2v) is 9.68. The highest BCUT2D eigenvalue weighted by Crippen LogP contribution is 2.21. The predicted octanol–water partition coefficient (Wildman–Crippen LogP) is 2.39. The fourth-order valence-electron chi connectivity index (χ4n) is 2.78. The number of rotatable bonds is 7. The molecule has 0 radical (unpaired) electrons. The molecule has 10 heteroatoms. The van der Waals surface area contributed by atoms with Gasteiger partial charge in [0.15, 0.2) is 4.80 Å². The van der Waals surface area contributed by atoms with Crippen LogP contribution in [0.3, 0.4) is 0 Å². The van der Waals surface area contributed by atoms with Gasteiger partial charge < -0.3 is 9.30 Å². The molecule has 154 valence electrons. The first-order valence-corrected chi connectivity index (χ1v) is 12.3. The van der Waals surface area contributed by atoms with Crippen LogP contribution in [0.1, 0.15) is 5.56 Å². The van der Waals surface area contributed by atoms with Crippen molar-refractivity contribution in [2.24, 2.45) is 10.1 Å². The molecule has 0 bridgehead atoms. The minimum atomic E-state index is -3.81. The lowest BCUT2D eigenvalue weighted by Gasteiger charge is -2.05. The van der Waals surface area contributed by atoms with Crippen molar-refractivity contribution in [1.29, 1.82) is 0 Å². The van der Waals surface area contributed by atoms with Crippen molar-refractivity contribution in [2.75, 3.05) is 20.0 Å². The molecule has 0 saturated carbocycles. The van der Waals surface area contributed by atoms with E-state index in [0.29, 0.717) is 22.7 Å². The number of fused-ring (bicyclic) bond motifs is 1. The number of primary sulfonamides is 1. The maximum atomic E-state index is 12.5. The van der Waals surface area contributed by atoms with Gasteiger partial charge in [0, 0.05) is 18.6 Å². The van der Waals surface area contributed by atoms with E-state index in [1.165, 1.54) is 23.5 Å². The van der Waals surface area contributed by atoms with E-state index in [4.69, 9.17) is 9.88 Å². The van der Waals surface area contributed by atoms with Crippen LogP contribution in [-0.4, -0.2) is 38.9 Å². The second-order valence-electron chi connectivity index (χ2n) is 6.23. The van der Waals surface area contributed by atoms with Gasteiger partial charge in [0.25, 0.3) is 5.91 Å². The Kier molecular flexibility index (Phi) is 6.91. The number of thioether (sulfide) groups is 1. The lowest BCUT2D eigenvalue weighted by Crippen LogP contribution is -2.19. The van der Waals surface area contributed by atoms with Gasteiger partial charge >= 0.3 is 0 Å². The molecule has 0 spiro atoms. The van der Waals surface area contributed by atoms with Crippen molar-refractivity contribution in [3.8, 4) is 0 Å². The molecule has 1 heterocycles. The minimum Gasteiger partial charge on any atom is -0.383 e. The smallest absolute Gasteiger partial charge is 0.252 e. The van der Waals surface area contributed by atoms with E-state index < -0.39 is 10.0 Å². The Labute approximate surface area is 177 Å². The topological polar surface area (TPSA) is 104 Å². The summed E-state index contributed by atoms with van der Waals surface area (Å²) in [5.41, 5.74) is 1.66. The van der Waals surface area contributed by atoms with Gasteiger partial charge in [-0.15, -0.1) is 11.8 Å². The van der Waals surface area contributed by atoms with Gasteiger partial charge in [-0.25, -0.2) is 13.6 Å². The average molecular weight is 452 g/mol. The summed E-state index contributed by atoms with van der Waals surface area (Å²) < 4.78 is 31.0. The number of benzene rings is 2. The maximum absolute atomic E-state index is 12.5. The molecule has 1 amide bonds. The van der Waals surface area contributed by atoms with E-state index in [2.05, 4.69) is 4.99 Å². The van der Waals surface area contributed by atoms with Gasteiger partial charge in [-0.05, 0) is 42.2 Å². The normalized spacial score (nSPS) is 12.6. The molecule has 0 fully saturated rings. The van der Waals surface area contributed by atoms with E-state index >= 15 is 0 Å². The molecule has 3 aromatic rings. The molecule has 0 aliphatic carbocycles. The van der Waals surface area contributed by atoms with Gasteiger partial charge in [-0.3, -0.25) is 4.79 Å². The lowest BCUT2D eigenvalue weighted by atomic mass is 10.1. The van der Waals surface area contributed by atoms with E-state index in [1.54, 1.807) is 24.9 Å². The molecular weight excluding hydrogens is 430 g/mol. The van der Waals surface area contributed by atoms with Crippen molar-refractivity contribution >= 4 is 49.2 Å². The highest BCUT2D eigenvalue weighted by molar-refractivity contribution is 7.98. The summed E-state index contributed by atoms with van der Waals surface area (Å²) in [6.45, 7) is 0.917. The lowest BCUT2D eigenvalue weighted by molar-refractivity contribution is -0.117. The van der Waals surface area contributed by atoms with Crippen LogP contribution in [0, 0.1) is 0 Å². The number of carbonyl (C=O) groups is 1. The zero-order chi connectivity index (χ0) is 21.0. The Morgan fingerprint density at radius 1 is 1.24 bits per heavy atom. The van der Waals surface area contributed by atoms with E-state index in [9.17, 15) is 13.2 Å². The number of methoxy groups -OCH3 is 1. The molecule has 0 aliphatic heterocycles. The fourth-order valence-corrected chi connectivity index (χ4v) is 4.91. The summed E-state index contributed by atoms with van der Waals surface area (Å²) in [5, 5.41) is 5.23. The molecule has 0 aliphatic rings. The molecule has 1 aromatic heterocycles. The number of hydrogen-bond donors (Lipinski definition) is 1. The summed E-state index contributed by atoms with van der Waals surface area (Å²) in [7, 11) is -2.22. The van der Waals surface area contributed by atoms with Crippen LogP contribution in [0.5, 0.6) is 0 Å². The highest BCUT2D eigenvalue weighted by Gasteiger charge is 2.13. The van der Waals surface area contributed by atoms with Gasteiger partial charge in [0.2, 0.25) is 10.0 Å². The summed E-state index contributed by atoms with van der Waals surface area (Å²) >= 11 is 2.89. The molecule has 2 N–H and O–H groups in total. The summed E-state index contributed by atoms with van der Waals surface area (Å²) in [6, 6.07) is 12.4.